The van der Waals surface area contributed by atoms with Gasteiger partial charge in [-0.2, -0.15) is 0 Å². The van der Waals surface area contributed by atoms with Gasteiger partial charge in [-0.1, -0.05) is 0 Å². The highest BCUT2D eigenvalue weighted by Crippen LogP contribution is 2.16. The Balaban J connectivity index is 0.00000288. The van der Waals surface area contributed by atoms with Gasteiger partial charge in [-0.15, -0.1) is 35.3 Å². The average molecular weight is 466 g/mol. The number of guanidine groups is 1. The normalized spacial score (nSPS) is 15.9. The quantitative estimate of drug-likeness (QED) is 0.413. The number of halogens is 1. The van der Waals surface area contributed by atoms with Crippen molar-refractivity contribution in [2.24, 2.45) is 10.7 Å². The van der Waals surface area contributed by atoms with Crippen LogP contribution in [-0.2, 0) is 11.3 Å². The van der Waals surface area contributed by atoms with Crippen LogP contribution in [0.15, 0.2) is 17.1 Å². The Hall–Kier alpha value is -1.03. The van der Waals surface area contributed by atoms with E-state index in [4.69, 9.17) is 10.5 Å². The molecule has 2 rings (SSSR count). The zero-order valence-electron chi connectivity index (χ0n) is 14.7. The largest absolute Gasteiger partial charge is 0.444 e. The number of amides is 1. The van der Waals surface area contributed by atoms with Gasteiger partial charge < -0.3 is 20.3 Å². The van der Waals surface area contributed by atoms with Gasteiger partial charge in [0.1, 0.15) is 5.60 Å². The minimum Gasteiger partial charge on any atom is -0.444 e. The summed E-state index contributed by atoms with van der Waals surface area (Å²) in [5, 5.41) is 0. The molecule has 0 aromatic carbocycles. The summed E-state index contributed by atoms with van der Waals surface area (Å²) in [6.07, 6.45) is -0.262. The number of ether oxygens (including phenoxy) is 1. The fraction of sp³-hybridized carbons (Fsp3) is 0.625. The molecule has 0 spiro atoms. The molecule has 0 aliphatic carbocycles. The zero-order valence-corrected chi connectivity index (χ0v) is 17.9. The molecule has 1 saturated heterocycles. The van der Waals surface area contributed by atoms with Crippen molar-refractivity contribution in [1.29, 1.82) is 0 Å². The molecular formula is C16H27IN4O2S. The molecule has 1 fully saturated rings. The SMILES string of the molecule is Cc1ccc(CN=C(N)N2CCN(C(=O)OC(C)(C)C)CC2)s1.I. The van der Waals surface area contributed by atoms with Crippen molar-refractivity contribution in [3.63, 3.8) is 0 Å². The van der Waals surface area contributed by atoms with Gasteiger partial charge in [-0.25, -0.2) is 9.79 Å². The molecule has 1 aliphatic rings. The van der Waals surface area contributed by atoms with Gasteiger partial charge in [0.25, 0.3) is 0 Å². The highest BCUT2D eigenvalue weighted by atomic mass is 127. The summed E-state index contributed by atoms with van der Waals surface area (Å²) < 4.78 is 5.39. The maximum atomic E-state index is 12.0. The van der Waals surface area contributed by atoms with Gasteiger partial charge in [0, 0.05) is 35.9 Å². The fourth-order valence-corrected chi connectivity index (χ4v) is 3.09. The fourth-order valence-electron chi connectivity index (χ4n) is 2.27. The van der Waals surface area contributed by atoms with Crippen LogP contribution in [0.4, 0.5) is 4.79 Å². The number of hydrogen-bond donors (Lipinski definition) is 1. The lowest BCUT2D eigenvalue weighted by molar-refractivity contribution is 0.0186. The van der Waals surface area contributed by atoms with Gasteiger partial charge in [-0.3, -0.25) is 0 Å². The Morgan fingerprint density at radius 3 is 2.33 bits per heavy atom. The lowest BCUT2D eigenvalue weighted by Gasteiger charge is -2.36. The molecule has 0 bridgehead atoms. The van der Waals surface area contributed by atoms with Crippen molar-refractivity contribution in [1.82, 2.24) is 9.80 Å². The number of hydrogen-bond acceptors (Lipinski definition) is 4. The summed E-state index contributed by atoms with van der Waals surface area (Å²) in [5.41, 5.74) is 5.61. The third kappa shape index (κ3) is 6.46. The van der Waals surface area contributed by atoms with Crippen LogP contribution in [0, 0.1) is 6.92 Å². The molecule has 2 N–H and O–H groups in total. The van der Waals surface area contributed by atoms with Crippen LogP contribution >= 0.6 is 35.3 Å². The average Bonchev–Trinajstić information content (AvgIpc) is 2.89. The molecule has 8 heteroatoms. The number of thiophene rings is 1. The maximum Gasteiger partial charge on any atom is 0.410 e. The molecule has 0 atom stereocenters. The van der Waals surface area contributed by atoms with Crippen molar-refractivity contribution in [2.75, 3.05) is 26.2 Å². The van der Waals surface area contributed by atoms with Crippen LogP contribution in [0.1, 0.15) is 30.5 Å². The van der Waals surface area contributed by atoms with Crippen LogP contribution in [0.3, 0.4) is 0 Å². The summed E-state index contributed by atoms with van der Waals surface area (Å²) in [4.78, 5) is 22.7. The van der Waals surface area contributed by atoms with Crippen molar-refractivity contribution in [2.45, 2.75) is 39.8 Å². The Kier molecular flexibility index (Phi) is 7.78. The van der Waals surface area contributed by atoms with Crippen molar-refractivity contribution in [3.8, 4) is 0 Å². The molecule has 0 unspecified atom stereocenters. The second-order valence-electron chi connectivity index (χ2n) is 6.64. The zero-order chi connectivity index (χ0) is 17.0. The third-order valence-corrected chi connectivity index (χ3v) is 4.43. The molecule has 0 saturated carbocycles. The van der Waals surface area contributed by atoms with Crippen molar-refractivity contribution >= 4 is 47.4 Å². The monoisotopic (exact) mass is 466 g/mol. The van der Waals surface area contributed by atoms with E-state index in [1.165, 1.54) is 9.75 Å². The Morgan fingerprint density at radius 1 is 1.25 bits per heavy atom. The summed E-state index contributed by atoms with van der Waals surface area (Å²) in [7, 11) is 0. The van der Waals surface area contributed by atoms with E-state index >= 15 is 0 Å². The number of nitrogens with two attached hydrogens (primary N) is 1. The van der Waals surface area contributed by atoms with E-state index in [9.17, 15) is 4.79 Å². The molecular weight excluding hydrogens is 439 g/mol. The van der Waals surface area contributed by atoms with Crippen molar-refractivity contribution in [3.05, 3.63) is 21.9 Å². The van der Waals surface area contributed by atoms with E-state index in [1.54, 1.807) is 16.2 Å². The molecule has 1 aromatic rings. The second kappa shape index (κ2) is 8.89. The highest BCUT2D eigenvalue weighted by molar-refractivity contribution is 14.0. The molecule has 6 nitrogen and oxygen atoms in total. The third-order valence-electron chi connectivity index (χ3n) is 3.45. The first-order valence-corrected chi connectivity index (χ1v) is 8.64. The van der Waals surface area contributed by atoms with Crippen LogP contribution < -0.4 is 5.73 Å². The molecule has 1 aliphatic heterocycles. The minimum atomic E-state index is -0.465. The number of aliphatic imine (C=N–C) groups is 1. The van der Waals surface area contributed by atoms with Gasteiger partial charge >= 0.3 is 6.09 Å². The summed E-state index contributed by atoms with van der Waals surface area (Å²) in [5.74, 6) is 0.542. The minimum absolute atomic E-state index is 0. The lowest BCUT2D eigenvalue weighted by atomic mass is 10.2. The van der Waals surface area contributed by atoms with Gasteiger partial charge in [0.05, 0.1) is 6.54 Å². The van der Waals surface area contributed by atoms with Crippen LogP contribution in [0.2, 0.25) is 0 Å². The predicted octanol–water partition coefficient (Wildman–Crippen LogP) is 3.04. The molecule has 136 valence electrons. The predicted molar refractivity (Wildman–Crippen MR) is 109 cm³/mol. The lowest BCUT2D eigenvalue weighted by Crippen LogP contribution is -2.53. The Morgan fingerprint density at radius 2 is 1.83 bits per heavy atom. The van der Waals surface area contributed by atoms with Gasteiger partial charge in [0.2, 0.25) is 0 Å². The van der Waals surface area contributed by atoms with Crippen LogP contribution in [0.25, 0.3) is 0 Å². The number of piperazine rings is 1. The first-order valence-electron chi connectivity index (χ1n) is 7.83. The number of nitrogens with zero attached hydrogens (tertiary/aromatic N) is 3. The first-order chi connectivity index (χ1) is 10.7. The standard InChI is InChI=1S/C16H26N4O2S.HI/c1-12-5-6-13(23-12)11-18-14(17)19-7-9-20(10-8-19)15(21)22-16(2,3)4;/h5-6H,7-11H2,1-4H3,(H2,17,18);1H. The van der Waals surface area contributed by atoms with Gasteiger partial charge in [-0.05, 0) is 39.8 Å². The molecule has 0 radical (unpaired) electrons. The Labute approximate surface area is 165 Å². The Bertz CT molecular complexity index is 575. The smallest absolute Gasteiger partial charge is 0.410 e. The van der Waals surface area contributed by atoms with E-state index < -0.39 is 5.60 Å². The number of carbonyl (C=O) groups excluding carboxylic acids is 1. The van der Waals surface area contributed by atoms with Gasteiger partial charge in [0.15, 0.2) is 5.96 Å². The number of carbonyl (C=O) groups is 1. The van der Waals surface area contributed by atoms with Crippen LogP contribution in [0.5, 0.6) is 0 Å². The first kappa shape index (κ1) is 21.0. The molecule has 1 amide bonds. The summed E-state index contributed by atoms with van der Waals surface area (Å²) >= 11 is 1.74. The summed E-state index contributed by atoms with van der Waals surface area (Å²) in [6.45, 7) is 10.9. The highest BCUT2D eigenvalue weighted by Gasteiger charge is 2.26. The number of rotatable bonds is 2. The molecule has 24 heavy (non-hydrogen) atoms. The number of aryl methyl sites for hydroxylation is 1. The summed E-state index contributed by atoms with van der Waals surface area (Å²) in [6, 6.07) is 4.17. The van der Waals surface area contributed by atoms with E-state index in [2.05, 4.69) is 24.0 Å². The maximum absolute atomic E-state index is 12.0. The topological polar surface area (TPSA) is 71.2 Å². The van der Waals surface area contributed by atoms with E-state index in [-0.39, 0.29) is 30.1 Å². The van der Waals surface area contributed by atoms with Crippen molar-refractivity contribution < 1.29 is 9.53 Å². The van der Waals surface area contributed by atoms with Crippen LogP contribution in [-0.4, -0.2) is 53.6 Å². The van der Waals surface area contributed by atoms with E-state index in [0.717, 1.165) is 0 Å². The van der Waals surface area contributed by atoms with E-state index in [0.29, 0.717) is 38.7 Å². The second-order valence-corrected chi connectivity index (χ2v) is 8.01. The molecule has 1 aromatic heterocycles. The van der Waals surface area contributed by atoms with E-state index in [1.807, 2.05) is 25.7 Å². The molecule has 2 heterocycles.